The van der Waals surface area contributed by atoms with Gasteiger partial charge in [-0.3, -0.25) is 9.36 Å². The molecule has 1 aliphatic rings. The van der Waals surface area contributed by atoms with Crippen LogP contribution in [0.15, 0.2) is 30.3 Å². The molecule has 1 fully saturated rings. The highest BCUT2D eigenvalue weighted by Gasteiger charge is 2.43. The van der Waals surface area contributed by atoms with Crippen molar-refractivity contribution in [3.05, 3.63) is 35.9 Å². The van der Waals surface area contributed by atoms with E-state index in [9.17, 15) is 14.3 Å². The van der Waals surface area contributed by atoms with Crippen LogP contribution in [0.4, 0.5) is 0 Å². The number of carbonyl (C=O) groups is 1. The van der Waals surface area contributed by atoms with Gasteiger partial charge in [0.25, 0.3) is 13.4 Å². The van der Waals surface area contributed by atoms with Crippen LogP contribution in [0, 0.1) is 0 Å². The Morgan fingerprint density at radius 3 is 2.75 bits per heavy atom. The average Bonchev–Trinajstić information content (AvgIpc) is 2.75. The first-order chi connectivity index (χ1) is 9.41. The molecule has 6 nitrogen and oxygen atoms in total. The van der Waals surface area contributed by atoms with Crippen LogP contribution in [0.5, 0.6) is 0 Å². The maximum atomic E-state index is 12.3. The summed E-state index contributed by atoms with van der Waals surface area (Å²) < 4.78 is 22.7. The fourth-order valence-corrected chi connectivity index (χ4v) is 3.71. The topological polar surface area (TPSA) is 84.9 Å². The van der Waals surface area contributed by atoms with E-state index in [1.54, 1.807) is 24.3 Å². The first-order valence-corrected chi connectivity index (χ1v) is 8.24. The minimum absolute atomic E-state index is 0.0553. The SMILES string of the molecule is CC(=O)OC1(NP(=O)(O)Cc2ccccc2)CCCO1. The molecular formula is C13H18NO5P. The van der Waals surface area contributed by atoms with Crippen LogP contribution in [0.3, 0.4) is 0 Å². The number of hydrogen-bond donors (Lipinski definition) is 2. The van der Waals surface area contributed by atoms with Gasteiger partial charge in [0.05, 0.1) is 12.8 Å². The summed E-state index contributed by atoms with van der Waals surface area (Å²) in [6.45, 7) is 1.62. The molecule has 110 valence electrons. The standard InChI is InChI=1S/C13H18NO5P/c1-11(15)19-13(8-5-9-18-13)14-20(16,17)10-12-6-3-2-4-7-12/h2-4,6-7H,5,8-10H2,1H3,(H2,14,16,17). The monoisotopic (exact) mass is 299 g/mol. The van der Waals surface area contributed by atoms with Crippen molar-refractivity contribution in [2.24, 2.45) is 0 Å². The summed E-state index contributed by atoms with van der Waals surface area (Å²) >= 11 is 0. The summed E-state index contributed by atoms with van der Waals surface area (Å²) in [5, 5.41) is 2.49. The van der Waals surface area contributed by atoms with Crippen molar-refractivity contribution in [3.8, 4) is 0 Å². The number of ether oxygens (including phenoxy) is 2. The van der Waals surface area contributed by atoms with Gasteiger partial charge in [-0.1, -0.05) is 30.3 Å². The Labute approximate surface area is 117 Å². The number of esters is 1. The van der Waals surface area contributed by atoms with E-state index in [1.165, 1.54) is 6.92 Å². The van der Waals surface area contributed by atoms with Crippen LogP contribution in [0.25, 0.3) is 0 Å². The summed E-state index contributed by atoms with van der Waals surface area (Å²) in [5.41, 5.74) is 0.724. The molecular weight excluding hydrogens is 281 g/mol. The molecule has 0 amide bonds. The van der Waals surface area contributed by atoms with Gasteiger partial charge in [-0.25, -0.2) is 0 Å². The summed E-state index contributed by atoms with van der Waals surface area (Å²) in [4.78, 5) is 21.2. The molecule has 0 radical (unpaired) electrons. The van der Waals surface area contributed by atoms with Crippen molar-refractivity contribution >= 4 is 13.5 Å². The quantitative estimate of drug-likeness (QED) is 0.491. The van der Waals surface area contributed by atoms with Crippen LogP contribution >= 0.6 is 7.52 Å². The second kappa shape index (κ2) is 6.06. The highest BCUT2D eigenvalue weighted by Crippen LogP contribution is 2.44. The molecule has 1 aromatic carbocycles. The van der Waals surface area contributed by atoms with Crippen LogP contribution in [0.2, 0.25) is 0 Å². The summed E-state index contributed by atoms with van der Waals surface area (Å²) in [7, 11) is -3.74. The van der Waals surface area contributed by atoms with Gasteiger partial charge >= 0.3 is 5.97 Å². The maximum Gasteiger partial charge on any atom is 0.306 e. The molecule has 1 heterocycles. The first kappa shape index (κ1) is 15.2. The Morgan fingerprint density at radius 1 is 1.50 bits per heavy atom. The van der Waals surface area contributed by atoms with Gasteiger partial charge in [0, 0.05) is 13.3 Å². The normalized spacial score (nSPS) is 25.1. The molecule has 2 atom stereocenters. The van der Waals surface area contributed by atoms with Crippen LogP contribution in [0.1, 0.15) is 25.3 Å². The Hall–Kier alpha value is -1.20. The lowest BCUT2D eigenvalue weighted by Crippen LogP contribution is -2.46. The lowest BCUT2D eigenvalue weighted by atomic mass is 10.2. The predicted octanol–water partition coefficient (Wildman–Crippen LogP) is 1.99. The number of benzene rings is 1. The van der Waals surface area contributed by atoms with Crippen LogP contribution < -0.4 is 5.09 Å². The Morgan fingerprint density at radius 2 is 2.20 bits per heavy atom. The molecule has 0 bridgehead atoms. The van der Waals surface area contributed by atoms with Gasteiger partial charge in [-0.15, -0.1) is 0 Å². The molecule has 0 saturated carbocycles. The zero-order chi connectivity index (χ0) is 14.6. The Balaban J connectivity index is 2.09. The van der Waals surface area contributed by atoms with Crippen LogP contribution in [-0.4, -0.2) is 23.4 Å². The van der Waals surface area contributed by atoms with E-state index in [0.29, 0.717) is 19.4 Å². The van der Waals surface area contributed by atoms with E-state index in [4.69, 9.17) is 9.47 Å². The van der Waals surface area contributed by atoms with Gasteiger partial charge in [0.15, 0.2) is 0 Å². The van der Waals surface area contributed by atoms with Gasteiger partial charge < -0.3 is 14.4 Å². The molecule has 7 heteroatoms. The second-order valence-corrected chi connectivity index (χ2v) is 6.70. The van der Waals surface area contributed by atoms with E-state index >= 15 is 0 Å². The minimum Gasteiger partial charge on any atom is -0.418 e. The molecule has 0 aliphatic carbocycles. The Kier molecular flexibility index (Phi) is 4.60. The molecule has 20 heavy (non-hydrogen) atoms. The van der Waals surface area contributed by atoms with E-state index in [1.807, 2.05) is 6.07 Å². The average molecular weight is 299 g/mol. The lowest BCUT2D eigenvalue weighted by molar-refractivity contribution is -0.217. The minimum atomic E-state index is -3.74. The van der Waals surface area contributed by atoms with Gasteiger partial charge in [0.1, 0.15) is 0 Å². The van der Waals surface area contributed by atoms with Crippen molar-refractivity contribution in [2.75, 3.05) is 6.61 Å². The predicted molar refractivity (Wildman–Crippen MR) is 72.8 cm³/mol. The third kappa shape index (κ3) is 4.15. The maximum absolute atomic E-state index is 12.3. The largest absolute Gasteiger partial charge is 0.418 e. The fourth-order valence-electron chi connectivity index (χ4n) is 2.17. The lowest BCUT2D eigenvalue weighted by Gasteiger charge is -2.30. The zero-order valence-corrected chi connectivity index (χ0v) is 12.1. The molecule has 0 aromatic heterocycles. The zero-order valence-electron chi connectivity index (χ0n) is 11.2. The summed E-state index contributed by atoms with van der Waals surface area (Å²) in [6, 6.07) is 8.95. The Bertz CT molecular complexity index is 513. The third-order valence-electron chi connectivity index (χ3n) is 2.88. The second-order valence-electron chi connectivity index (χ2n) is 4.76. The van der Waals surface area contributed by atoms with Gasteiger partial charge in [-0.05, 0) is 12.0 Å². The molecule has 1 aromatic rings. The van der Waals surface area contributed by atoms with E-state index in [-0.39, 0.29) is 6.16 Å². The molecule has 2 unspecified atom stereocenters. The van der Waals surface area contributed by atoms with E-state index in [2.05, 4.69) is 5.09 Å². The fraction of sp³-hybridized carbons (Fsp3) is 0.462. The number of rotatable bonds is 5. The number of carbonyl (C=O) groups excluding carboxylic acids is 1. The van der Waals surface area contributed by atoms with Crippen molar-refractivity contribution < 1.29 is 23.7 Å². The van der Waals surface area contributed by atoms with E-state index < -0.39 is 19.4 Å². The van der Waals surface area contributed by atoms with Crippen molar-refractivity contribution in [3.63, 3.8) is 0 Å². The molecule has 2 rings (SSSR count). The first-order valence-electron chi connectivity index (χ1n) is 6.40. The van der Waals surface area contributed by atoms with E-state index in [0.717, 1.165) is 5.56 Å². The molecule has 1 saturated heterocycles. The number of hydrogen-bond acceptors (Lipinski definition) is 4. The summed E-state index contributed by atoms with van der Waals surface area (Å²) in [5.74, 6) is -2.04. The highest BCUT2D eigenvalue weighted by molar-refractivity contribution is 7.55. The molecule has 1 aliphatic heterocycles. The van der Waals surface area contributed by atoms with Crippen molar-refractivity contribution in [2.45, 2.75) is 31.8 Å². The smallest absolute Gasteiger partial charge is 0.306 e. The number of nitrogens with one attached hydrogen (secondary N) is 1. The van der Waals surface area contributed by atoms with Gasteiger partial charge in [0.2, 0.25) is 0 Å². The van der Waals surface area contributed by atoms with Crippen LogP contribution in [-0.2, 0) is 25.0 Å². The van der Waals surface area contributed by atoms with Crippen molar-refractivity contribution in [1.29, 1.82) is 0 Å². The highest BCUT2D eigenvalue weighted by atomic mass is 31.2. The summed E-state index contributed by atoms with van der Waals surface area (Å²) in [6.07, 6.45) is 0.956. The molecule has 0 spiro atoms. The third-order valence-corrected chi connectivity index (χ3v) is 4.36. The van der Waals surface area contributed by atoms with Crippen molar-refractivity contribution in [1.82, 2.24) is 5.09 Å². The van der Waals surface area contributed by atoms with Gasteiger partial charge in [-0.2, -0.15) is 5.09 Å². The molecule has 2 N–H and O–H groups in total.